The summed E-state index contributed by atoms with van der Waals surface area (Å²) in [4.78, 5) is 19.7. The highest BCUT2D eigenvalue weighted by Crippen LogP contribution is 2.32. The van der Waals surface area contributed by atoms with Crippen molar-refractivity contribution in [2.45, 2.75) is 19.3 Å². The van der Waals surface area contributed by atoms with Crippen molar-refractivity contribution in [3.05, 3.63) is 53.6 Å². The summed E-state index contributed by atoms with van der Waals surface area (Å²) >= 11 is 0. The van der Waals surface area contributed by atoms with Crippen LogP contribution in [0.2, 0.25) is 0 Å². The van der Waals surface area contributed by atoms with Crippen molar-refractivity contribution in [1.29, 1.82) is 0 Å². The third kappa shape index (κ3) is 2.68. The lowest BCUT2D eigenvalue weighted by Gasteiger charge is -2.21. The average molecular weight is 320 g/mol. The lowest BCUT2D eigenvalue weighted by atomic mass is 9.95. The van der Waals surface area contributed by atoms with E-state index in [0.29, 0.717) is 6.42 Å². The molecule has 2 aliphatic rings. The van der Waals surface area contributed by atoms with Crippen LogP contribution in [0, 0.1) is 0 Å². The SMILES string of the molecule is COc1ccc(C2=Nc3ccc(N4CCCC4)cc3C(=O)C2)cc1. The minimum Gasteiger partial charge on any atom is -0.497 e. The third-order valence-corrected chi connectivity index (χ3v) is 4.76. The molecule has 4 rings (SSSR count). The van der Waals surface area contributed by atoms with Crippen LogP contribution in [-0.4, -0.2) is 31.7 Å². The molecule has 2 aromatic rings. The van der Waals surface area contributed by atoms with E-state index in [1.165, 1.54) is 12.8 Å². The molecule has 0 radical (unpaired) electrons. The lowest BCUT2D eigenvalue weighted by molar-refractivity contribution is 0.1000. The zero-order chi connectivity index (χ0) is 16.5. The molecule has 2 aliphatic heterocycles. The molecule has 2 heterocycles. The fraction of sp³-hybridized carbons (Fsp3) is 0.300. The predicted molar refractivity (Wildman–Crippen MR) is 96.0 cm³/mol. The van der Waals surface area contributed by atoms with Gasteiger partial charge in [0.15, 0.2) is 5.78 Å². The molecule has 0 spiro atoms. The maximum atomic E-state index is 12.6. The molecule has 0 N–H and O–H groups in total. The van der Waals surface area contributed by atoms with Crippen molar-refractivity contribution >= 4 is 22.9 Å². The molecule has 0 amide bonds. The van der Waals surface area contributed by atoms with Gasteiger partial charge in [-0.05, 0) is 60.9 Å². The molecule has 2 aromatic carbocycles. The first kappa shape index (κ1) is 14.9. The van der Waals surface area contributed by atoms with E-state index in [1.807, 2.05) is 36.4 Å². The van der Waals surface area contributed by atoms with Crippen molar-refractivity contribution in [3.8, 4) is 5.75 Å². The molecular weight excluding hydrogens is 300 g/mol. The number of ether oxygens (including phenoxy) is 1. The van der Waals surface area contributed by atoms with Crippen LogP contribution in [0.5, 0.6) is 5.75 Å². The predicted octanol–water partition coefficient (Wildman–Crippen LogP) is 4.00. The Morgan fingerprint density at radius 3 is 2.50 bits per heavy atom. The van der Waals surface area contributed by atoms with E-state index >= 15 is 0 Å². The number of methoxy groups -OCH3 is 1. The number of nitrogens with zero attached hydrogens (tertiary/aromatic N) is 2. The molecule has 0 unspecified atom stereocenters. The zero-order valence-electron chi connectivity index (χ0n) is 13.8. The van der Waals surface area contributed by atoms with E-state index in [9.17, 15) is 4.79 Å². The number of anilines is 1. The Bertz CT molecular complexity index is 803. The van der Waals surface area contributed by atoms with Crippen LogP contribution in [0.15, 0.2) is 47.5 Å². The van der Waals surface area contributed by atoms with Gasteiger partial charge in [0, 0.05) is 24.3 Å². The van der Waals surface area contributed by atoms with Gasteiger partial charge in [-0.3, -0.25) is 9.79 Å². The Morgan fingerprint density at radius 2 is 1.79 bits per heavy atom. The van der Waals surface area contributed by atoms with Gasteiger partial charge < -0.3 is 9.64 Å². The van der Waals surface area contributed by atoms with Gasteiger partial charge in [-0.1, -0.05) is 0 Å². The normalized spacial score (nSPS) is 16.8. The highest BCUT2D eigenvalue weighted by atomic mass is 16.5. The van der Waals surface area contributed by atoms with E-state index < -0.39 is 0 Å². The molecule has 4 nitrogen and oxygen atoms in total. The number of benzene rings is 2. The Labute approximate surface area is 141 Å². The van der Waals surface area contributed by atoms with Gasteiger partial charge in [-0.15, -0.1) is 0 Å². The van der Waals surface area contributed by atoms with Crippen molar-refractivity contribution in [2.24, 2.45) is 4.99 Å². The molecule has 122 valence electrons. The zero-order valence-corrected chi connectivity index (χ0v) is 13.8. The fourth-order valence-electron chi connectivity index (χ4n) is 3.40. The summed E-state index contributed by atoms with van der Waals surface area (Å²) in [5.41, 5.74) is 4.46. The van der Waals surface area contributed by atoms with E-state index in [0.717, 1.165) is 47.1 Å². The van der Waals surface area contributed by atoms with E-state index in [-0.39, 0.29) is 5.78 Å². The van der Waals surface area contributed by atoms with E-state index in [2.05, 4.69) is 11.0 Å². The second-order valence-electron chi connectivity index (χ2n) is 6.28. The maximum absolute atomic E-state index is 12.6. The number of carbonyl (C=O) groups excluding carboxylic acids is 1. The Morgan fingerprint density at radius 1 is 1.04 bits per heavy atom. The minimum absolute atomic E-state index is 0.145. The summed E-state index contributed by atoms with van der Waals surface area (Å²) in [6.07, 6.45) is 2.80. The number of Topliss-reactive ketones (excluding diaryl/α,β-unsaturated/α-hetero) is 1. The quantitative estimate of drug-likeness (QED) is 0.858. The maximum Gasteiger partial charge on any atom is 0.171 e. The van der Waals surface area contributed by atoms with Crippen LogP contribution in [-0.2, 0) is 0 Å². The second kappa shape index (κ2) is 6.11. The summed E-state index contributed by atoms with van der Waals surface area (Å²) in [6.45, 7) is 2.15. The number of carbonyl (C=O) groups is 1. The molecular formula is C20H20N2O2. The van der Waals surface area contributed by atoms with Crippen molar-refractivity contribution in [2.75, 3.05) is 25.1 Å². The minimum atomic E-state index is 0.145. The van der Waals surface area contributed by atoms with Gasteiger partial charge in [0.2, 0.25) is 0 Å². The first-order chi connectivity index (χ1) is 11.7. The smallest absolute Gasteiger partial charge is 0.171 e. The van der Waals surface area contributed by atoms with Crippen LogP contribution in [0.4, 0.5) is 11.4 Å². The molecule has 1 fully saturated rings. The highest BCUT2D eigenvalue weighted by Gasteiger charge is 2.23. The van der Waals surface area contributed by atoms with Gasteiger partial charge in [0.1, 0.15) is 5.75 Å². The summed E-state index contributed by atoms with van der Waals surface area (Å²) in [7, 11) is 1.64. The molecule has 0 saturated carbocycles. The van der Waals surface area contributed by atoms with Gasteiger partial charge >= 0.3 is 0 Å². The van der Waals surface area contributed by atoms with Crippen molar-refractivity contribution < 1.29 is 9.53 Å². The topological polar surface area (TPSA) is 41.9 Å². The van der Waals surface area contributed by atoms with Gasteiger partial charge in [0.05, 0.1) is 24.9 Å². The summed E-state index contributed by atoms with van der Waals surface area (Å²) in [5, 5.41) is 0. The Hall–Kier alpha value is -2.62. The summed E-state index contributed by atoms with van der Waals surface area (Å²) in [6, 6.07) is 13.8. The van der Waals surface area contributed by atoms with Crippen molar-refractivity contribution in [1.82, 2.24) is 0 Å². The largest absolute Gasteiger partial charge is 0.497 e. The van der Waals surface area contributed by atoms with Gasteiger partial charge in [-0.25, -0.2) is 0 Å². The summed E-state index contributed by atoms with van der Waals surface area (Å²) in [5.74, 6) is 0.948. The molecule has 0 aromatic heterocycles. The van der Waals surface area contributed by atoms with Crippen LogP contribution in [0.3, 0.4) is 0 Å². The number of aliphatic imine (C=N–C) groups is 1. The number of rotatable bonds is 3. The number of ketones is 1. The Balaban J connectivity index is 1.67. The molecule has 0 aliphatic carbocycles. The van der Waals surface area contributed by atoms with Crippen LogP contribution < -0.4 is 9.64 Å². The monoisotopic (exact) mass is 320 g/mol. The molecule has 4 heteroatoms. The summed E-state index contributed by atoms with van der Waals surface area (Å²) < 4.78 is 5.18. The number of hydrogen-bond donors (Lipinski definition) is 0. The first-order valence-corrected chi connectivity index (χ1v) is 8.39. The average Bonchev–Trinajstić information content (AvgIpc) is 3.16. The fourth-order valence-corrected chi connectivity index (χ4v) is 3.40. The van der Waals surface area contributed by atoms with Gasteiger partial charge in [0.25, 0.3) is 0 Å². The second-order valence-corrected chi connectivity index (χ2v) is 6.28. The van der Waals surface area contributed by atoms with Crippen molar-refractivity contribution in [3.63, 3.8) is 0 Å². The first-order valence-electron chi connectivity index (χ1n) is 8.39. The lowest BCUT2D eigenvalue weighted by Crippen LogP contribution is -2.19. The number of fused-ring (bicyclic) bond motifs is 1. The van der Waals surface area contributed by atoms with Crippen LogP contribution in [0.25, 0.3) is 0 Å². The van der Waals surface area contributed by atoms with Gasteiger partial charge in [-0.2, -0.15) is 0 Å². The molecule has 1 saturated heterocycles. The molecule has 0 bridgehead atoms. The number of hydrogen-bond acceptors (Lipinski definition) is 4. The molecule has 0 atom stereocenters. The van der Waals surface area contributed by atoms with E-state index in [4.69, 9.17) is 9.73 Å². The highest BCUT2D eigenvalue weighted by molar-refractivity contribution is 6.21. The van der Waals surface area contributed by atoms with E-state index in [1.54, 1.807) is 7.11 Å². The van der Waals surface area contributed by atoms with Crippen LogP contribution >= 0.6 is 0 Å². The molecule has 24 heavy (non-hydrogen) atoms. The Kier molecular flexibility index (Phi) is 3.81. The standard InChI is InChI=1S/C20H20N2O2/c1-24-16-7-4-14(5-8-16)19-13-20(23)17-12-15(6-9-18(17)21-19)22-10-2-3-11-22/h4-9,12H,2-3,10-11,13H2,1H3. The van der Waals surface area contributed by atoms with Crippen LogP contribution in [0.1, 0.15) is 35.2 Å². The third-order valence-electron chi connectivity index (χ3n) is 4.76.